The second-order valence-corrected chi connectivity index (χ2v) is 4.18. The van der Waals surface area contributed by atoms with E-state index in [1.165, 1.54) is 19.2 Å². The molecule has 0 amide bonds. The molecular weight excluding hydrogens is 212 g/mol. The predicted molar refractivity (Wildman–Crippen MR) is 62.1 cm³/mol. The molecule has 1 fully saturated rings. The standard InChI is InChI=1S/C10H15ClN4/c1-2-5-15(7-3-4-7)10-8(12)9(11)13-6-14-10/h6-7H,2-5,12H2,1H3. The molecule has 0 saturated heterocycles. The van der Waals surface area contributed by atoms with Crippen LogP contribution in [0.1, 0.15) is 26.2 Å². The summed E-state index contributed by atoms with van der Waals surface area (Å²) >= 11 is 5.88. The highest BCUT2D eigenvalue weighted by Crippen LogP contribution is 2.35. The van der Waals surface area contributed by atoms with E-state index in [0.29, 0.717) is 16.9 Å². The summed E-state index contributed by atoms with van der Waals surface area (Å²) in [6, 6.07) is 0.596. The fourth-order valence-corrected chi connectivity index (χ4v) is 1.81. The summed E-state index contributed by atoms with van der Waals surface area (Å²) in [4.78, 5) is 10.3. The Kier molecular flexibility index (Phi) is 2.95. The second kappa shape index (κ2) is 4.23. The summed E-state index contributed by atoms with van der Waals surface area (Å²) in [7, 11) is 0. The number of hydrogen-bond donors (Lipinski definition) is 1. The highest BCUT2D eigenvalue weighted by atomic mass is 35.5. The van der Waals surface area contributed by atoms with Gasteiger partial charge in [-0.1, -0.05) is 18.5 Å². The van der Waals surface area contributed by atoms with E-state index < -0.39 is 0 Å². The van der Waals surface area contributed by atoms with Crippen LogP contribution in [0.15, 0.2) is 6.33 Å². The minimum absolute atomic E-state index is 0.349. The molecule has 1 saturated carbocycles. The van der Waals surface area contributed by atoms with E-state index in [2.05, 4.69) is 21.8 Å². The highest BCUT2D eigenvalue weighted by Gasteiger charge is 2.30. The smallest absolute Gasteiger partial charge is 0.157 e. The Balaban J connectivity index is 2.28. The summed E-state index contributed by atoms with van der Waals surface area (Å²) in [5.41, 5.74) is 6.38. The van der Waals surface area contributed by atoms with E-state index >= 15 is 0 Å². The third kappa shape index (κ3) is 2.15. The summed E-state index contributed by atoms with van der Waals surface area (Å²) < 4.78 is 0. The Morgan fingerprint density at radius 1 is 1.53 bits per heavy atom. The summed E-state index contributed by atoms with van der Waals surface area (Å²) in [5.74, 6) is 0.791. The molecule has 0 bridgehead atoms. The predicted octanol–water partition coefficient (Wildman–Crippen LogP) is 2.09. The van der Waals surface area contributed by atoms with E-state index in [1.54, 1.807) is 0 Å². The monoisotopic (exact) mass is 226 g/mol. The first kappa shape index (κ1) is 10.5. The molecule has 1 aliphatic carbocycles. The fraction of sp³-hybridized carbons (Fsp3) is 0.600. The van der Waals surface area contributed by atoms with Gasteiger partial charge >= 0.3 is 0 Å². The maximum absolute atomic E-state index is 5.88. The van der Waals surface area contributed by atoms with Crippen molar-refractivity contribution in [1.82, 2.24) is 9.97 Å². The maximum atomic E-state index is 5.88. The van der Waals surface area contributed by atoms with Gasteiger partial charge in [0, 0.05) is 12.6 Å². The van der Waals surface area contributed by atoms with E-state index in [-0.39, 0.29) is 0 Å². The summed E-state index contributed by atoms with van der Waals surface area (Å²) in [6.45, 7) is 3.12. The number of nitrogens with zero attached hydrogens (tertiary/aromatic N) is 3. The molecule has 2 N–H and O–H groups in total. The van der Waals surface area contributed by atoms with Crippen LogP contribution in [0.4, 0.5) is 11.5 Å². The molecule has 1 heterocycles. The number of anilines is 2. The zero-order chi connectivity index (χ0) is 10.8. The molecule has 4 nitrogen and oxygen atoms in total. The molecular formula is C10H15ClN4. The van der Waals surface area contributed by atoms with Crippen molar-refractivity contribution in [2.45, 2.75) is 32.2 Å². The number of rotatable bonds is 4. The Bertz CT molecular complexity index is 351. The molecule has 1 aromatic heterocycles. The van der Waals surface area contributed by atoms with Crippen molar-refractivity contribution in [3.63, 3.8) is 0 Å². The molecule has 0 aliphatic heterocycles. The molecule has 0 spiro atoms. The lowest BCUT2D eigenvalue weighted by atomic mass is 10.3. The first-order valence-corrected chi connectivity index (χ1v) is 5.64. The highest BCUT2D eigenvalue weighted by molar-refractivity contribution is 6.32. The van der Waals surface area contributed by atoms with Crippen LogP contribution in [0.2, 0.25) is 5.15 Å². The first-order chi connectivity index (χ1) is 7.24. The average molecular weight is 227 g/mol. The van der Waals surface area contributed by atoms with Crippen LogP contribution in [-0.4, -0.2) is 22.6 Å². The van der Waals surface area contributed by atoms with Crippen molar-refractivity contribution >= 4 is 23.1 Å². The van der Waals surface area contributed by atoms with Crippen LogP contribution >= 0.6 is 11.6 Å². The second-order valence-electron chi connectivity index (χ2n) is 3.83. The zero-order valence-corrected chi connectivity index (χ0v) is 9.54. The molecule has 0 radical (unpaired) electrons. The van der Waals surface area contributed by atoms with Crippen LogP contribution in [0.5, 0.6) is 0 Å². The van der Waals surface area contributed by atoms with Crippen LogP contribution in [0.25, 0.3) is 0 Å². The minimum atomic E-state index is 0.349. The van der Waals surface area contributed by atoms with Gasteiger partial charge in [-0.2, -0.15) is 0 Å². The van der Waals surface area contributed by atoms with Crippen molar-refractivity contribution in [1.29, 1.82) is 0 Å². The number of nitrogens with two attached hydrogens (primary N) is 1. The number of halogens is 1. The summed E-state index contributed by atoms with van der Waals surface area (Å²) in [5, 5.41) is 0.349. The van der Waals surface area contributed by atoms with Crippen molar-refractivity contribution < 1.29 is 0 Å². The number of nitrogen functional groups attached to an aromatic ring is 1. The van der Waals surface area contributed by atoms with Crippen LogP contribution in [0, 0.1) is 0 Å². The maximum Gasteiger partial charge on any atom is 0.157 e. The fourth-order valence-electron chi connectivity index (χ4n) is 1.68. The molecule has 1 aliphatic rings. The van der Waals surface area contributed by atoms with Gasteiger partial charge < -0.3 is 10.6 Å². The quantitative estimate of drug-likeness (QED) is 0.799. The van der Waals surface area contributed by atoms with Gasteiger partial charge in [-0.3, -0.25) is 0 Å². The summed E-state index contributed by atoms with van der Waals surface area (Å²) in [6.07, 6.45) is 5.00. The van der Waals surface area contributed by atoms with Gasteiger partial charge in [0.25, 0.3) is 0 Å². The Labute approximate surface area is 94.5 Å². The first-order valence-electron chi connectivity index (χ1n) is 5.26. The van der Waals surface area contributed by atoms with Gasteiger partial charge in [0.1, 0.15) is 12.0 Å². The van der Waals surface area contributed by atoms with Gasteiger partial charge in [-0.15, -0.1) is 0 Å². The van der Waals surface area contributed by atoms with E-state index in [0.717, 1.165) is 18.8 Å². The van der Waals surface area contributed by atoms with Gasteiger partial charge in [0.2, 0.25) is 0 Å². The average Bonchev–Trinajstić information content (AvgIpc) is 3.03. The van der Waals surface area contributed by atoms with Gasteiger partial charge in [0.15, 0.2) is 11.0 Å². The largest absolute Gasteiger partial charge is 0.393 e. The lowest BCUT2D eigenvalue weighted by Gasteiger charge is -2.24. The molecule has 1 aromatic rings. The van der Waals surface area contributed by atoms with E-state index in [4.69, 9.17) is 17.3 Å². The molecule has 15 heavy (non-hydrogen) atoms. The van der Waals surface area contributed by atoms with Crippen LogP contribution < -0.4 is 10.6 Å². The molecule has 0 aromatic carbocycles. The molecule has 5 heteroatoms. The molecule has 0 atom stereocenters. The Morgan fingerprint density at radius 3 is 2.87 bits per heavy atom. The van der Waals surface area contributed by atoms with Crippen LogP contribution in [-0.2, 0) is 0 Å². The lowest BCUT2D eigenvalue weighted by molar-refractivity contribution is 0.750. The van der Waals surface area contributed by atoms with Gasteiger partial charge in [-0.05, 0) is 19.3 Å². The van der Waals surface area contributed by atoms with Crippen molar-refractivity contribution in [3.05, 3.63) is 11.5 Å². The SMILES string of the molecule is CCCN(c1ncnc(Cl)c1N)C1CC1. The molecule has 2 rings (SSSR count). The van der Waals surface area contributed by atoms with Crippen molar-refractivity contribution in [2.75, 3.05) is 17.2 Å². The Hall–Kier alpha value is -1.03. The minimum Gasteiger partial charge on any atom is -0.393 e. The topological polar surface area (TPSA) is 55.0 Å². The van der Waals surface area contributed by atoms with E-state index in [9.17, 15) is 0 Å². The molecule has 0 unspecified atom stereocenters. The normalized spacial score (nSPS) is 15.3. The van der Waals surface area contributed by atoms with Gasteiger partial charge in [-0.25, -0.2) is 9.97 Å². The lowest BCUT2D eigenvalue weighted by Crippen LogP contribution is -2.28. The number of aromatic nitrogens is 2. The molecule has 82 valence electrons. The van der Waals surface area contributed by atoms with E-state index in [1.807, 2.05) is 0 Å². The van der Waals surface area contributed by atoms with Crippen molar-refractivity contribution in [2.24, 2.45) is 0 Å². The van der Waals surface area contributed by atoms with Crippen LogP contribution in [0.3, 0.4) is 0 Å². The van der Waals surface area contributed by atoms with Gasteiger partial charge in [0.05, 0.1) is 0 Å². The van der Waals surface area contributed by atoms with Crippen molar-refractivity contribution in [3.8, 4) is 0 Å². The number of hydrogen-bond acceptors (Lipinski definition) is 4. The zero-order valence-electron chi connectivity index (χ0n) is 8.78. The Morgan fingerprint density at radius 2 is 2.27 bits per heavy atom. The third-order valence-corrected chi connectivity index (χ3v) is 2.84. The third-order valence-electron chi connectivity index (χ3n) is 2.54.